The lowest BCUT2D eigenvalue weighted by Crippen LogP contribution is -2.28. The second kappa shape index (κ2) is 3.51. The predicted molar refractivity (Wildman–Crippen MR) is 44.5 cm³/mol. The molecule has 0 unspecified atom stereocenters. The largest absolute Gasteiger partial charge is 0.301 e. The van der Waals surface area contributed by atoms with E-state index in [2.05, 4.69) is 4.99 Å². The Kier molecular flexibility index (Phi) is 2.63. The second-order valence-corrected chi connectivity index (χ2v) is 3.21. The number of carbonyl (C=O) groups excluding carboxylic acids is 1. The fraction of sp³-hybridized carbons (Fsp3) is 0.750. The van der Waals surface area contributed by atoms with E-state index in [1.165, 1.54) is 0 Å². The van der Waals surface area contributed by atoms with Gasteiger partial charge in [-0.2, -0.15) is 0 Å². The van der Waals surface area contributed by atoms with Gasteiger partial charge in [0.05, 0.1) is 12.9 Å². The van der Waals surface area contributed by atoms with E-state index in [4.69, 9.17) is 0 Å². The van der Waals surface area contributed by atoms with Gasteiger partial charge < -0.3 is 4.90 Å². The monoisotopic (exact) mass is 154 g/mol. The van der Waals surface area contributed by atoms with Crippen LogP contribution in [-0.4, -0.2) is 30.2 Å². The van der Waals surface area contributed by atoms with Gasteiger partial charge in [0.25, 0.3) is 0 Å². The van der Waals surface area contributed by atoms with Crippen LogP contribution in [0.25, 0.3) is 0 Å². The molecule has 11 heavy (non-hydrogen) atoms. The highest BCUT2D eigenvalue weighted by molar-refractivity contribution is 5.88. The number of hydrogen-bond acceptors (Lipinski definition) is 2. The first-order valence-electron chi connectivity index (χ1n) is 3.99. The van der Waals surface area contributed by atoms with Gasteiger partial charge in [0.15, 0.2) is 0 Å². The van der Waals surface area contributed by atoms with Crippen molar-refractivity contribution >= 4 is 12.2 Å². The lowest BCUT2D eigenvalue weighted by molar-refractivity contribution is -0.127. The maximum atomic E-state index is 11.3. The minimum absolute atomic E-state index is 0.196. The number of hydrogen-bond donors (Lipinski definition) is 0. The van der Waals surface area contributed by atoms with E-state index in [0.29, 0.717) is 12.3 Å². The molecule has 0 spiro atoms. The summed E-state index contributed by atoms with van der Waals surface area (Å²) in [6.45, 7) is 5.63. The summed E-state index contributed by atoms with van der Waals surface area (Å²) in [5, 5.41) is 0. The minimum atomic E-state index is 0.196. The van der Waals surface area contributed by atoms with Crippen molar-refractivity contribution in [1.29, 1.82) is 0 Å². The second-order valence-electron chi connectivity index (χ2n) is 3.21. The molecule has 3 heteroatoms. The first-order valence-corrected chi connectivity index (χ1v) is 3.99. The van der Waals surface area contributed by atoms with Crippen LogP contribution in [0.4, 0.5) is 0 Å². The fourth-order valence-electron chi connectivity index (χ4n) is 1.04. The summed E-state index contributed by atoms with van der Waals surface area (Å²) in [6, 6.07) is 0. The molecule has 1 aliphatic heterocycles. The average molecular weight is 154 g/mol. The highest BCUT2D eigenvalue weighted by Gasteiger charge is 2.14. The maximum Gasteiger partial charge on any atom is 0.227 e. The Hall–Kier alpha value is -0.860. The van der Waals surface area contributed by atoms with Crippen molar-refractivity contribution in [2.75, 3.05) is 13.1 Å². The van der Waals surface area contributed by atoms with Crippen molar-refractivity contribution in [1.82, 2.24) is 4.90 Å². The molecule has 3 nitrogen and oxygen atoms in total. The quantitative estimate of drug-likeness (QED) is 0.581. The van der Waals surface area contributed by atoms with Crippen molar-refractivity contribution in [2.45, 2.75) is 20.3 Å². The summed E-state index contributed by atoms with van der Waals surface area (Å²) in [5.74, 6) is 0.637. The standard InChI is InChI=1S/C8H14N2O/c1-7(2)5-8(11)10-4-3-9-6-10/h6-7H,3-5H2,1-2H3. The summed E-state index contributed by atoms with van der Waals surface area (Å²) in [6.07, 6.45) is 2.27. The fourth-order valence-corrected chi connectivity index (χ4v) is 1.04. The SMILES string of the molecule is CC(C)CC(=O)N1C=NCC1. The Morgan fingerprint density at radius 1 is 1.73 bits per heavy atom. The number of aliphatic imine (C=N–C) groups is 1. The first-order chi connectivity index (χ1) is 5.20. The third-order valence-corrected chi connectivity index (χ3v) is 1.59. The Morgan fingerprint density at radius 3 is 2.91 bits per heavy atom. The summed E-state index contributed by atoms with van der Waals surface area (Å²) in [4.78, 5) is 17.0. The molecule has 0 aromatic carbocycles. The lowest BCUT2D eigenvalue weighted by atomic mass is 10.1. The smallest absolute Gasteiger partial charge is 0.227 e. The highest BCUT2D eigenvalue weighted by atomic mass is 16.2. The molecule has 0 fully saturated rings. The predicted octanol–water partition coefficient (Wildman–Crippen LogP) is 0.903. The molecule has 0 aromatic rings. The van der Waals surface area contributed by atoms with Crippen molar-refractivity contribution in [2.24, 2.45) is 10.9 Å². The number of nitrogens with zero attached hydrogens (tertiary/aromatic N) is 2. The van der Waals surface area contributed by atoms with Crippen molar-refractivity contribution in [3.8, 4) is 0 Å². The van der Waals surface area contributed by atoms with Gasteiger partial charge >= 0.3 is 0 Å². The number of carbonyl (C=O) groups is 1. The molecule has 0 atom stereocenters. The van der Waals surface area contributed by atoms with Gasteiger partial charge in [-0.1, -0.05) is 13.8 Å². The lowest BCUT2D eigenvalue weighted by Gasteiger charge is -2.12. The van der Waals surface area contributed by atoms with Crippen LogP contribution in [0.3, 0.4) is 0 Å². The number of rotatable bonds is 2. The molecule has 1 aliphatic rings. The van der Waals surface area contributed by atoms with Gasteiger partial charge in [-0.15, -0.1) is 0 Å². The summed E-state index contributed by atoms with van der Waals surface area (Å²) < 4.78 is 0. The average Bonchev–Trinajstić information content (AvgIpc) is 2.35. The highest BCUT2D eigenvalue weighted by Crippen LogP contribution is 2.04. The van der Waals surface area contributed by atoms with E-state index >= 15 is 0 Å². The zero-order valence-corrected chi connectivity index (χ0v) is 7.08. The van der Waals surface area contributed by atoms with Gasteiger partial charge in [-0.25, -0.2) is 0 Å². The topological polar surface area (TPSA) is 32.7 Å². The van der Waals surface area contributed by atoms with Gasteiger partial charge in [0.1, 0.15) is 0 Å². The van der Waals surface area contributed by atoms with Crippen LogP contribution in [0.5, 0.6) is 0 Å². The van der Waals surface area contributed by atoms with Crippen LogP contribution in [0.15, 0.2) is 4.99 Å². The first kappa shape index (κ1) is 8.24. The Balaban J connectivity index is 2.35. The molecular weight excluding hydrogens is 140 g/mol. The van der Waals surface area contributed by atoms with Crippen LogP contribution in [0.1, 0.15) is 20.3 Å². The molecule has 1 heterocycles. The molecule has 1 amide bonds. The van der Waals surface area contributed by atoms with E-state index in [1.54, 1.807) is 11.2 Å². The zero-order chi connectivity index (χ0) is 8.27. The van der Waals surface area contributed by atoms with E-state index in [1.807, 2.05) is 13.8 Å². The van der Waals surface area contributed by atoms with E-state index in [-0.39, 0.29) is 5.91 Å². The molecule has 0 N–H and O–H groups in total. The van der Waals surface area contributed by atoms with Crippen LogP contribution in [0, 0.1) is 5.92 Å². The molecule has 0 bridgehead atoms. The van der Waals surface area contributed by atoms with Crippen molar-refractivity contribution in [3.05, 3.63) is 0 Å². The van der Waals surface area contributed by atoms with Crippen LogP contribution in [-0.2, 0) is 4.79 Å². The Bertz CT molecular complexity index is 175. The molecule has 0 radical (unpaired) electrons. The van der Waals surface area contributed by atoms with Gasteiger partial charge in [0, 0.05) is 13.0 Å². The van der Waals surface area contributed by atoms with Crippen LogP contribution < -0.4 is 0 Å². The normalized spacial score (nSPS) is 16.5. The maximum absolute atomic E-state index is 11.3. The third kappa shape index (κ3) is 2.33. The van der Waals surface area contributed by atoms with E-state index < -0.39 is 0 Å². The summed E-state index contributed by atoms with van der Waals surface area (Å²) >= 11 is 0. The third-order valence-electron chi connectivity index (χ3n) is 1.59. The molecule has 0 aliphatic carbocycles. The number of amides is 1. The molecule has 0 saturated heterocycles. The Morgan fingerprint density at radius 2 is 2.45 bits per heavy atom. The molecule has 1 rings (SSSR count). The van der Waals surface area contributed by atoms with E-state index in [9.17, 15) is 4.79 Å². The summed E-state index contributed by atoms with van der Waals surface area (Å²) in [5.41, 5.74) is 0. The van der Waals surface area contributed by atoms with Crippen LogP contribution in [0.2, 0.25) is 0 Å². The molecular formula is C8H14N2O. The van der Waals surface area contributed by atoms with E-state index in [0.717, 1.165) is 13.1 Å². The van der Waals surface area contributed by atoms with Gasteiger partial charge in [-0.05, 0) is 5.92 Å². The summed E-state index contributed by atoms with van der Waals surface area (Å²) in [7, 11) is 0. The molecule has 62 valence electrons. The molecule has 0 saturated carbocycles. The Labute approximate surface area is 67.1 Å². The minimum Gasteiger partial charge on any atom is -0.301 e. The van der Waals surface area contributed by atoms with Crippen molar-refractivity contribution < 1.29 is 4.79 Å². The van der Waals surface area contributed by atoms with Crippen LogP contribution >= 0.6 is 0 Å². The molecule has 0 aromatic heterocycles. The van der Waals surface area contributed by atoms with Crippen molar-refractivity contribution in [3.63, 3.8) is 0 Å². The van der Waals surface area contributed by atoms with Gasteiger partial charge in [-0.3, -0.25) is 9.79 Å². The zero-order valence-electron chi connectivity index (χ0n) is 7.08. The van der Waals surface area contributed by atoms with Gasteiger partial charge in [0.2, 0.25) is 5.91 Å².